The molecule has 2 aromatic carbocycles. The van der Waals surface area contributed by atoms with Crippen molar-refractivity contribution in [3.8, 4) is 16.9 Å². The first-order valence-corrected chi connectivity index (χ1v) is 5.47. The molecule has 3 aromatic rings. The molecule has 1 heterocycles. The molecule has 0 unspecified atom stereocenters. The van der Waals surface area contributed by atoms with Crippen molar-refractivity contribution in [1.82, 2.24) is 4.98 Å². The van der Waals surface area contributed by atoms with Gasteiger partial charge in [0.2, 0.25) is 0 Å². The molecule has 0 spiro atoms. The zero-order chi connectivity index (χ0) is 11.7. The van der Waals surface area contributed by atoms with Crippen LogP contribution in [0.4, 0.5) is 0 Å². The molecular formula is C15H11NO. The molecule has 0 aliphatic carbocycles. The van der Waals surface area contributed by atoms with Crippen LogP contribution in [0.25, 0.3) is 21.9 Å². The second-order valence-corrected chi connectivity index (χ2v) is 3.95. The average Bonchev–Trinajstić information content (AvgIpc) is 2.39. The van der Waals surface area contributed by atoms with Gasteiger partial charge in [-0.3, -0.25) is 4.98 Å². The molecule has 0 radical (unpaired) electrons. The summed E-state index contributed by atoms with van der Waals surface area (Å²) in [6.07, 6.45) is 3.61. The van der Waals surface area contributed by atoms with Crippen molar-refractivity contribution in [2.45, 2.75) is 0 Å². The van der Waals surface area contributed by atoms with Crippen LogP contribution in [0.5, 0.6) is 5.75 Å². The van der Waals surface area contributed by atoms with Crippen LogP contribution < -0.4 is 0 Å². The Bertz CT molecular complexity index is 676. The van der Waals surface area contributed by atoms with E-state index < -0.39 is 0 Å². The average molecular weight is 221 g/mol. The SMILES string of the molecule is Oc1ccccc1-c1ccc2ccncc2c1. The van der Waals surface area contributed by atoms with Crippen molar-refractivity contribution < 1.29 is 5.11 Å². The molecule has 17 heavy (non-hydrogen) atoms. The molecule has 1 N–H and O–H groups in total. The maximum absolute atomic E-state index is 9.82. The minimum absolute atomic E-state index is 0.302. The summed E-state index contributed by atoms with van der Waals surface area (Å²) in [5.41, 5.74) is 1.85. The maximum Gasteiger partial charge on any atom is 0.123 e. The standard InChI is InChI=1S/C15H11NO/c17-15-4-2-1-3-14(15)12-6-5-11-7-8-16-10-13(11)9-12/h1-10,17H. The van der Waals surface area contributed by atoms with Gasteiger partial charge in [-0.2, -0.15) is 0 Å². The van der Waals surface area contributed by atoms with E-state index in [0.717, 1.165) is 21.9 Å². The topological polar surface area (TPSA) is 33.1 Å². The van der Waals surface area contributed by atoms with Crippen LogP contribution in [0.1, 0.15) is 0 Å². The lowest BCUT2D eigenvalue weighted by molar-refractivity contribution is 0.477. The highest BCUT2D eigenvalue weighted by Crippen LogP contribution is 2.30. The minimum atomic E-state index is 0.302. The third-order valence-corrected chi connectivity index (χ3v) is 2.86. The van der Waals surface area contributed by atoms with E-state index in [9.17, 15) is 5.11 Å². The lowest BCUT2D eigenvalue weighted by atomic mass is 10.0. The van der Waals surface area contributed by atoms with Gasteiger partial charge in [-0.1, -0.05) is 30.3 Å². The number of aromatic hydroxyl groups is 1. The number of nitrogens with zero attached hydrogens (tertiary/aromatic N) is 1. The van der Waals surface area contributed by atoms with E-state index >= 15 is 0 Å². The monoisotopic (exact) mass is 221 g/mol. The molecule has 0 amide bonds. The number of phenolic OH excluding ortho intramolecular Hbond substituents is 1. The van der Waals surface area contributed by atoms with E-state index in [-0.39, 0.29) is 0 Å². The van der Waals surface area contributed by atoms with Gasteiger partial charge < -0.3 is 5.11 Å². The first-order valence-electron chi connectivity index (χ1n) is 5.47. The number of para-hydroxylation sites is 1. The Balaban J connectivity index is 2.22. The zero-order valence-corrected chi connectivity index (χ0v) is 9.17. The van der Waals surface area contributed by atoms with Gasteiger partial charge in [0.1, 0.15) is 5.75 Å². The van der Waals surface area contributed by atoms with Crippen molar-refractivity contribution in [2.75, 3.05) is 0 Å². The van der Waals surface area contributed by atoms with E-state index in [2.05, 4.69) is 4.98 Å². The van der Waals surface area contributed by atoms with Crippen LogP contribution in [-0.4, -0.2) is 10.1 Å². The van der Waals surface area contributed by atoms with E-state index in [4.69, 9.17) is 0 Å². The van der Waals surface area contributed by atoms with Gasteiger partial charge in [0, 0.05) is 23.3 Å². The molecule has 3 rings (SSSR count). The van der Waals surface area contributed by atoms with Gasteiger partial charge in [-0.25, -0.2) is 0 Å². The number of fused-ring (bicyclic) bond motifs is 1. The number of hydrogen-bond donors (Lipinski definition) is 1. The summed E-state index contributed by atoms with van der Waals surface area (Å²) >= 11 is 0. The summed E-state index contributed by atoms with van der Waals surface area (Å²) in [6.45, 7) is 0. The van der Waals surface area contributed by atoms with Crippen LogP contribution >= 0.6 is 0 Å². The van der Waals surface area contributed by atoms with Crippen molar-refractivity contribution >= 4 is 10.8 Å². The lowest BCUT2D eigenvalue weighted by Gasteiger charge is -2.05. The fourth-order valence-corrected chi connectivity index (χ4v) is 1.97. The predicted octanol–water partition coefficient (Wildman–Crippen LogP) is 3.61. The third kappa shape index (κ3) is 1.74. The molecule has 0 fully saturated rings. The number of benzene rings is 2. The van der Waals surface area contributed by atoms with Gasteiger partial charge in [-0.05, 0) is 29.1 Å². The van der Waals surface area contributed by atoms with Crippen molar-refractivity contribution in [3.63, 3.8) is 0 Å². The minimum Gasteiger partial charge on any atom is -0.507 e. The fourth-order valence-electron chi connectivity index (χ4n) is 1.97. The predicted molar refractivity (Wildman–Crippen MR) is 68.8 cm³/mol. The number of pyridine rings is 1. The Morgan fingerprint density at radius 1 is 0.882 bits per heavy atom. The van der Waals surface area contributed by atoms with Crippen LogP contribution in [0, 0.1) is 0 Å². The van der Waals surface area contributed by atoms with E-state index in [1.165, 1.54) is 0 Å². The number of hydrogen-bond acceptors (Lipinski definition) is 2. The molecule has 0 saturated heterocycles. The highest BCUT2D eigenvalue weighted by Gasteiger charge is 2.03. The summed E-state index contributed by atoms with van der Waals surface area (Å²) in [4.78, 5) is 4.11. The number of phenols is 1. The molecule has 0 atom stereocenters. The van der Waals surface area contributed by atoms with Gasteiger partial charge >= 0.3 is 0 Å². The van der Waals surface area contributed by atoms with Crippen molar-refractivity contribution in [2.24, 2.45) is 0 Å². The first-order chi connectivity index (χ1) is 8.34. The van der Waals surface area contributed by atoms with Crippen LogP contribution in [-0.2, 0) is 0 Å². The zero-order valence-electron chi connectivity index (χ0n) is 9.17. The smallest absolute Gasteiger partial charge is 0.123 e. The normalized spacial score (nSPS) is 10.6. The molecule has 0 aliphatic rings. The van der Waals surface area contributed by atoms with Gasteiger partial charge in [0.05, 0.1) is 0 Å². The molecule has 2 heteroatoms. The summed E-state index contributed by atoms with van der Waals surface area (Å²) in [7, 11) is 0. The van der Waals surface area contributed by atoms with Gasteiger partial charge in [0.15, 0.2) is 0 Å². The summed E-state index contributed by atoms with van der Waals surface area (Å²) in [6, 6.07) is 15.4. The van der Waals surface area contributed by atoms with Crippen LogP contribution in [0.3, 0.4) is 0 Å². The lowest BCUT2D eigenvalue weighted by Crippen LogP contribution is -1.80. The highest BCUT2D eigenvalue weighted by atomic mass is 16.3. The molecular weight excluding hydrogens is 210 g/mol. The Hall–Kier alpha value is -2.35. The van der Waals surface area contributed by atoms with E-state index in [1.807, 2.05) is 48.7 Å². The summed E-state index contributed by atoms with van der Waals surface area (Å²) in [5, 5.41) is 12.0. The van der Waals surface area contributed by atoms with E-state index in [0.29, 0.717) is 5.75 Å². The first kappa shape index (κ1) is 9.85. The molecule has 0 saturated carbocycles. The second-order valence-electron chi connectivity index (χ2n) is 3.95. The second kappa shape index (κ2) is 3.91. The molecule has 1 aromatic heterocycles. The fraction of sp³-hybridized carbons (Fsp3) is 0. The van der Waals surface area contributed by atoms with Gasteiger partial charge in [0.25, 0.3) is 0 Å². The third-order valence-electron chi connectivity index (χ3n) is 2.86. The Labute approximate surface area is 99.2 Å². The summed E-state index contributed by atoms with van der Waals surface area (Å²) < 4.78 is 0. The summed E-state index contributed by atoms with van der Waals surface area (Å²) in [5.74, 6) is 0.302. The quantitative estimate of drug-likeness (QED) is 0.681. The molecule has 82 valence electrons. The molecule has 0 aliphatic heterocycles. The Morgan fingerprint density at radius 3 is 2.65 bits per heavy atom. The molecule has 0 bridgehead atoms. The van der Waals surface area contributed by atoms with Crippen molar-refractivity contribution in [3.05, 3.63) is 60.9 Å². The van der Waals surface area contributed by atoms with Crippen molar-refractivity contribution in [1.29, 1.82) is 0 Å². The number of rotatable bonds is 1. The number of aromatic nitrogens is 1. The van der Waals surface area contributed by atoms with E-state index in [1.54, 1.807) is 12.3 Å². The molecule has 2 nitrogen and oxygen atoms in total. The van der Waals surface area contributed by atoms with Crippen LogP contribution in [0.15, 0.2) is 60.9 Å². The van der Waals surface area contributed by atoms with Gasteiger partial charge in [-0.15, -0.1) is 0 Å². The largest absolute Gasteiger partial charge is 0.507 e. The maximum atomic E-state index is 9.82. The Morgan fingerprint density at radius 2 is 1.76 bits per heavy atom. The van der Waals surface area contributed by atoms with Crippen LogP contribution in [0.2, 0.25) is 0 Å². The Kier molecular flexibility index (Phi) is 2.26. The highest BCUT2D eigenvalue weighted by molar-refractivity contribution is 5.87.